The summed E-state index contributed by atoms with van der Waals surface area (Å²) >= 11 is 1.50. The molecule has 4 rings (SSSR count). The summed E-state index contributed by atoms with van der Waals surface area (Å²) in [6.07, 6.45) is 2.97. The molecule has 0 radical (unpaired) electrons. The zero-order chi connectivity index (χ0) is 19.3. The maximum atomic E-state index is 13.0. The van der Waals surface area contributed by atoms with Gasteiger partial charge in [-0.05, 0) is 12.1 Å². The van der Waals surface area contributed by atoms with Crippen molar-refractivity contribution in [1.82, 2.24) is 24.6 Å². The molecule has 2 aromatic heterocycles. The number of nitrogens with zero attached hydrogens (tertiary/aromatic N) is 6. The molecule has 1 aliphatic rings. The van der Waals surface area contributed by atoms with Crippen molar-refractivity contribution in [2.45, 2.75) is 6.54 Å². The Bertz CT molecular complexity index is 923. The maximum absolute atomic E-state index is 13.0. The van der Waals surface area contributed by atoms with Crippen molar-refractivity contribution in [2.24, 2.45) is 0 Å². The van der Waals surface area contributed by atoms with Crippen LogP contribution >= 0.6 is 11.3 Å². The maximum Gasteiger partial charge on any atom is 0.250 e. The molecule has 0 saturated carbocycles. The second kappa shape index (κ2) is 8.63. The average molecular weight is 402 g/mol. The second-order valence-electron chi connectivity index (χ2n) is 6.42. The minimum Gasteiger partial charge on any atom is -0.497 e. The number of hydrogen-bond acceptors (Lipinski definition) is 8. The number of anilines is 1. The van der Waals surface area contributed by atoms with Crippen LogP contribution in [0.15, 0.2) is 30.9 Å². The molecule has 0 unspecified atom stereocenters. The van der Waals surface area contributed by atoms with Gasteiger partial charge in [0, 0.05) is 32.2 Å². The summed E-state index contributed by atoms with van der Waals surface area (Å²) in [6, 6.07) is 5.76. The third-order valence-electron chi connectivity index (χ3n) is 4.62. The number of fused-ring (bicyclic) bond motifs is 1. The monoisotopic (exact) mass is 402 g/mol. The van der Waals surface area contributed by atoms with Crippen molar-refractivity contribution in [3.8, 4) is 5.75 Å². The predicted molar refractivity (Wildman–Crippen MR) is 106 cm³/mol. The van der Waals surface area contributed by atoms with E-state index in [1.165, 1.54) is 22.3 Å². The lowest BCUT2D eigenvalue weighted by atomic mass is 10.3. The molecule has 9 nitrogen and oxygen atoms in total. The van der Waals surface area contributed by atoms with Crippen LogP contribution < -0.4 is 9.64 Å². The van der Waals surface area contributed by atoms with E-state index in [0.717, 1.165) is 48.8 Å². The molecule has 28 heavy (non-hydrogen) atoms. The summed E-state index contributed by atoms with van der Waals surface area (Å²) in [5.41, 5.74) is 0.823. The molecule has 0 N–H and O–H groups in total. The minimum atomic E-state index is -0.0650. The number of amides is 1. The van der Waals surface area contributed by atoms with Crippen molar-refractivity contribution in [2.75, 3.05) is 51.4 Å². The van der Waals surface area contributed by atoms with Crippen LogP contribution in [0, 0.1) is 0 Å². The van der Waals surface area contributed by atoms with E-state index in [0.29, 0.717) is 11.7 Å². The Morgan fingerprint density at radius 3 is 2.96 bits per heavy atom. The van der Waals surface area contributed by atoms with Crippen LogP contribution in [0.2, 0.25) is 0 Å². The van der Waals surface area contributed by atoms with Gasteiger partial charge in [-0.25, -0.2) is 14.6 Å². The zero-order valence-electron chi connectivity index (χ0n) is 15.7. The molecule has 0 aliphatic carbocycles. The molecular formula is C18H22N6O3S. The lowest BCUT2D eigenvalue weighted by Gasteiger charge is -2.29. The van der Waals surface area contributed by atoms with Gasteiger partial charge in [0.1, 0.15) is 24.9 Å². The second-order valence-corrected chi connectivity index (χ2v) is 7.43. The van der Waals surface area contributed by atoms with Crippen molar-refractivity contribution < 1.29 is 14.3 Å². The van der Waals surface area contributed by atoms with Crippen molar-refractivity contribution in [3.63, 3.8) is 0 Å². The standard InChI is InChI=1S/C18H22N6O3S/c1-26-14-2-3-16-15(10-14)21-18(28-16)24(5-4-22-6-8-27-9-7-22)17(25)11-23-13-19-12-20-23/h2-3,10,12-13H,4-9,11H2,1H3. The van der Waals surface area contributed by atoms with Crippen LogP contribution in [0.25, 0.3) is 10.2 Å². The molecular weight excluding hydrogens is 380 g/mol. The first-order chi connectivity index (χ1) is 13.7. The largest absolute Gasteiger partial charge is 0.497 e. The van der Waals surface area contributed by atoms with Gasteiger partial charge >= 0.3 is 0 Å². The van der Waals surface area contributed by atoms with Gasteiger partial charge in [-0.1, -0.05) is 11.3 Å². The van der Waals surface area contributed by atoms with Gasteiger partial charge in [-0.2, -0.15) is 5.10 Å². The highest BCUT2D eigenvalue weighted by Gasteiger charge is 2.22. The Labute approximate surface area is 166 Å². The van der Waals surface area contributed by atoms with E-state index in [2.05, 4.69) is 15.0 Å². The molecule has 1 fully saturated rings. The van der Waals surface area contributed by atoms with E-state index in [9.17, 15) is 4.79 Å². The molecule has 0 atom stereocenters. The predicted octanol–water partition coefficient (Wildman–Crippen LogP) is 1.26. The number of carbonyl (C=O) groups excluding carboxylic acids is 1. The SMILES string of the molecule is COc1ccc2sc(N(CCN3CCOCC3)C(=O)Cn3cncn3)nc2c1. The van der Waals surface area contributed by atoms with Gasteiger partial charge in [-0.15, -0.1) is 0 Å². The smallest absolute Gasteiger partial charge is 0.250 e. The van der Waals surface area contributed by atoms with Crippen molar-refractivity contribution >= 4 is 32.6 Å². The van der Waals surface area contributed by atoms with Crippen LogP contribution in [-0.4, -0.2) is 77.1 Å². The topological polar surface area (TPSA) is 85.6 Å². The summed E-state index contributed by atoms with van der Waals surface area (Å²) in [5, 5.41) is 4.73. The first-order valence-electron chi connectivity index (χ1n) is 9.10. The normalized spacial score (nSPS) is 15.0. The third-order valence-corrected chi connectivity index (χ3v) is 5.68. The molecule has 0 bridgehead atoms. The van der Waals surface area contributed by atoms with Crippen LogP contribution in [0.4, 0.5) is 5.13 Å². The summed E-state index contributed by atoms with van der Waals surface area (Å²) in [7, 11) is 1.63. The zero-order valence-corrected chi connectivity index (χ0v) is 16.5. The number of carbonyl (C=O) groups is 1. The van der Waals surface area contributed by atoms with E-state index in [1.807, 2.05) is 18.2 Å². The number of aromatic nitrogens is 4. The molecule has 3 heterocycles. The molecule has 1 aliphatic heterocycles. The Kier molecular flexibility index (Phi) is 5.79. The fraction of sp³-hybridized carbons (Fsp3) is 0.444. The van der Waals surface area contributed by atoms with E-state index < -0.39 is 0 Å². The lowest BCUT2D eigenvalue weighted by Crippen LogP contribution is -2.44. The summed E-state index contributed by atoms with van der Waals surface area (Å²) in [5.74, 6) is 0.683. The quantitative estimate of drug-likeness (QED) is 0.588. The molecule has 148 valence electrons. The molecule has 1 amide bonds. The Hall–Kier alpha value is -2.56. The molecule has 1 aromatic carbocycles. The number of hydrogen-bond donors (Lipinski definition) is 0. The number of morpholine rings is 1. The van der Waals surface area contributed by atoms with E-state index in [1.54, 1.807) is 18.3 Å². The van der Waals surface area contributed by atoms with Gasteiger partial charge in [0.05, 0.1) is 30.5 Å². The van der Waals surface area contributed by atoms with E-state index in [4.69, 9.17) is 14.5 Å². The summed E-state index contributed by atoms with van der Waals surface area (Å²) in [4.78, 5) is 25.7. The molecule has 10 heteroatoms. The van der Waals surface area contributed by atoms with Crippen LogP contribution in [-0.2, 0) is 16.1 Å². The number of thiazole rings is 1. The Morgan fingerprint density at radius 1 is 1.36 bits per heavy atom. The van der Waals surface area contributed by atoms with Gasteiger partial charge in [0.2, 0.25) is 0 Å². The van der Waals surface area contributed by atoms with Gasteiger partial charge in [0.15, 0.2) is 5.13 Å². The summed E-state index contributed by atoms with van der Waals surface area (Å²) in [6.45, 7) is 4.67. The highest BCUT2D eigenvalue weighted by Crippen LogP contribution is 2.31. The fourth-order valence-corrected chi connectivity index (χ4v) is 4.06. The summed E-state index contributed by atoms with van der Waals surface area (Å²) < 4.78 is 13.2. The number of ether oxygens (including phenoxy) is 2. The van der Waals surface area contributed by atoms with Gasteiger partial charge < -0.3 is 9.47 Å². The number of methoxy groups -OCH3 is 1. The van der Waals surface area contributed by atoms with Crippen molar-refractivity contribution in [3.05, 3.63) is 30.9 Å². The average Bonchev–Trinajstić information content (AvgIpc) is 3.37. The van der Waals surface area contributed by atoms with Crippen LogP contribution in [0.1, 0.15) is 0 Å². The molecule has 0 spiro atoms. The Morgan fingerprint density at radius 2 is 2.21 bits per heavy atom. The third kappa shape index (κ3) is 4.29. The first-order valence-corrected chi connectivity index (χ1v) is 9.92. The fourth-order valence-electron chi connectivity index (χ4n) is 3.07. The van der Waals surface area contributed by atoms with Gasteiger partial charge in [-0.3, -0.25) is 14.6 Å². The van der Waals surface area contributed by atoms with Crippen LogP contribution in [0.3, 0.4) is 0 Å². The minimum absolute atomic E-state index is 0.0650. The number of rotatable bonds is 7. The first kappa shape index (κ1) is 18.8. The van der Waals surface area contributed by atoms with Crippen molar-refractivity contribution in [1.29, 1.82) is 0 Å². The van der Waals surface area contributed by atoms with Gasteiger partial charge in [0.25, 0.3) is 5.91 Å². The Balaban J connectivity index is 1.56. The lowest BCUT2D eigenvalue weighted by molar-refractivity contribution is -0.119. The van der Waals surface area contributed by atoms with E-state index in [-0.39, 0.29) is 12.5 Å². The molecule has 3 aromatic rings. The van der Waals surface area contributed by atoms with Crippen LogP contribution in [0.5, 0.6) is 5.75 Å². The molecule has 1 saturated heterocycles. The number of benzene rings is 1. The highest BCUT2D eigenvalue weighted by atomic mass is 32.1. The van der Waals surface area contributed by atoms with E-state index >= 15 is 0 Å². The highest BCUT2D eigenvalue weighted by molar-refractivity contribution is 7.22.